The summed E-state index contributed by atoms with van der Waals surface area (Å²) in [6.45, 7) is 0.590. The molecule has 1 aromatic heterocycles. The maximum atomic E-state index is 12.3. The van der Waals surface area contributed by atoms with Gasteiger partial charge in [0.1, 0.15) is 0 Å². The Balaban J connectivity index is 1.37. The second-order valence-electron chi connectivity index (χ2n) is 7.77. The molecule has 29 heavy (non-hydrogen) atoms. The maximum Gasteiger partial charge on any atom is 0.220 e. The summed E-state index contributed by atoms with van der Waals surface area (Å²) in [4.78, 5) is 28.6. The first-order valence-corrected chi connectivity index (χ1v) is 11.0. The molecule has 0 aliphatic carbocycles. The van der Waals surface area contributed by atoms with Crippen molar-refractivity contribution in [1.82, 2.24) is 15.6 Å². The molecule has 150 valence electrons. The van der Waals surface area contributed by atoms with Gasteiger partial charge in [0.2, 0.25) is 11.8 Å². The largest absolute Gasteiger partial charge is 0.356 e. The predicted octanol–water partition coefficient (Wildman–Crippen LogP) is 3.63. The lowest BCUT2D eigenvalue weighted by Gasteiger charge is -2.29. The van der Waals surface area contributed by atoms with Gasteiger partial charge in [0.25, 0.3) is 0 Å². The Morgan fingerprint density at radius 3 is 2.83 bits per heavy atom. The molecule has 2 N–H and O–H groups in total. The SMILES string of the molecule is O=C(CCC1(Cc2ccc3ccccc3c2)CCC(=O)N1)NCCc1cscn1. The van der Waals surface area contributed by atoms with Crippen molar-refractivity contribution in [2.75, 3.05) is 6.54 Å². The summed E-state index contributed by atoms with van der Waals surface area (Å²) in [5.74, 6) is 0.106. The zero-order valence-electron chi connectivity index (χ0n) is 16.3. The lowest BCUT2D eigenvalue weighted by molar-refractivity contribution is -0.122. The van der Waals surface area contributed by atoms with Crippen molar-refractivity contribution < 1.29 is 9.59 Å². The number of benzene rings is 2. The maximum absolute atomic E-state index is 12.3. The molecule has 3 aromatic rings. The van der Waals surface area contributed by atoms with Crippen LogP contribution in [0.4, 0.5) is 0 Å². The Kier molecular flexibility index (Phi) is 5.90. The molecule has 0 spiro atoms. The van der Waals surface area contributed by atoms with Crippen LogP contribution in [0.15, 0.2) is 53.4 Å². The number of carbonyl (C=O) groups excluding carboxylic acids is 2. The summed E-state index contributed by atoms with van der Waals surface area (Å²) >= 11 is 1.56. The molecule has 6 heteroatoms. The highest BCUT2D eigenvalue weighted by Gasteiger charge is 2.37. The molecule has 0 bridgehead atoms. The van der Waals surface area contributed by atoms with Gasteiger partial charge in [0, 0.05) is 36.7 Å². The van der Waals surface area contributed by atoms with E-state index in [1.54, 1.807) is 16.8 Å². The predicted molar refractivity (Wildman–Crippen MR) is 116 cm³/mol. The van der Waals surface area contributed by atoms with Gasteiger partial charge in [0.15, 0.2) is 0 Å². The molecule has 2 heterocycles. The summed E-state index contributed by atoms with van der Waals surface area (Å²) < 4.78 is 0. The van der Waals surface area contributed by atoms with E-state index in [1.807, 2.05) is 17.5 Å². The van der Waals surface area contributed by atoms with Crippen LogP contribution in [0.3, 0.4) is 0 Å². The van der Waals surface area contributed by atoms with Gasteiger partial charge in [-0.15, -0.1) is 11.3 Å². The normalized spacial score (nSPS) is 18.7. The second kappa shape index (κ2) is 8.74. The Morgan fingerprint density at radius 1 is 1.21 bits per heavy atom. The molecule has 2 amide bonds. The first-order chi connectivity index (χ1) is 14.1. The molecule has 2 aromatic carbocycles. The van der Waals surface area contributed by atoms with Crippen molar-refractivity contribution in [3.63, 3.8) is 0 Å². The van der Waals surface area contributed by atoms with E-state index in [-0.39, 0.29) is 17.4 Å². The van der Waals surface area contributed by atoms with Crippen LogP contribution in [-0.4, -0.2) is 28.9 Å². The Labute approximate surface area is 174 Å². The van der Waals surface area contributed by atoms with Crippen molar-refractivity contribution >= 4 is 33.9 Å². The van der Waals surface area contributed by atoms with Crippen LogP contribution in [0, 0.1) is 0 Å². The van der Waals surface area contributed by atoms with Crippen molar-refractivity contribution in [3.8, 4) is 0 Å². The van der Waals surface area contributed by atoms with Crippen LogP contribution in [-0.2, 0) is 22.4 Å². The van der Waals surface area contributed by atoms with Crippen LogP contribution < -0.4 is 10.6 Å². The van der Waals surface area contributed by atoms with Crippen LogP contribution in [0.25, 0.3) is 10.8 Å². The van der Waals surface area contributed by atoms with Crippen molar-refractivity contribution in [2.24, 2.45) is 0 Å². The molecular formula is C23H25N3O2S. The van der Waals surface area contributed by atoms with Gasteiger partial charge in [-0.25, -0.2) is 4.98 Å². The first kappa shape index (κ1) is 19.6. The Bertz CT molecular complexity index is 1000. The molecule has 1 unspecified atom stereocenters. The zero-order chi connectivity index (χ0) is 20.1. The minimum Gasteiger partial charge on any atom is -0.356 e. The third-order valence-electron chi connectivity index (χ3n) is 5.61. The summed E-state index contributed by atoms with van der Waals surface area (Å²) in [6.07, 6.45) is 3.84. The molecule has 1 saturated heterocycles. The number of hydrogen-bond acceptors (Lipinski definition) is 4. The van der Waals surface area contributed by atoms with Gasteiger partial charge >= 0.3 is 0 Å². The van der Waals surface area contributed by atoms with Gasteiger partial charge in [-0.1, -0.05) is 42.5 Å². The average molecular weight is 408 g/mol. The van der Waals surface area contributed by atoms with Crippen molar-refractivity contribution in [3.05, 3.63) is 64.6 Å². The van der Waals surface area contributed by atoms with Gasteiger partial charge in [-0.3, -0.25) is 9.59 Å². The highest BCUT2D eigenvalue weighted by Crippen LogP contribution is 2.30. The summed E-state index contributed by atoms with van der Waals surface area (Å²) in [5, 5.41) is 10.6. The lowest BCUT2D eigenvalue weighted by Crippen LogP contribution is -2.44. The molecular weight excluding hydrogens is 382 g/mol. The van der Waals surface area contributed by atoms with E-state index in [2.05, 4.69) is 45.9 Å². The van der Waals surface area contributed by atoms with Gasteiger partial charge in [-0.05, 0) is 35.6 Å². The number of nitrogens with one attached hydrogen (secondary N) is 2. The molecule has 1 atom stereocenters. The fourth-order valence-corrected chi connectivity index (χ4v) is 4.65. The van der Waals surface area contributed by atoms with E-state index in [0.29, 0.717) is 25.8 Å². The summed E-state index contributed by atoms with van der Waals surface area (Å²) in [6, 6.07) is 14.7. The fraction of sp³-hybridized carbons (Fsp3) is 0.348. The quantitative estimate of drug-likeness (QED) is 0.599. The van der Waals surface area contributed by atoms with E-state index in [0.717, 1.165) is 25.0 Å². The molecule has 1 fully saturated rings. The molecule has 1 aliphatic rings. The van der Waals surface area contributed by atoms with Gasteiger partial charge < -0.3 is 10.6 Å². The van der Waals surface area contributed by atoms with Gasteiger partial charge in [-0.2, -0.15) is 0 Å². The first-order valence-electron chi connectivity index (χ1n) is 10.0. The van der Waals surface area contributed by atoms with E-state index >= 15 is 0 Å². The van der Waals surface area contributed by atoms with E-state index in [9.17, 15) is 9.59 Å². The molecule has 0 radical (unpaired) electrons. The van der Waals surface area contributed by atoms with Crippen molar-refractivity contribution in [1.29, 1.82) is 0 Å². The van der Waals surface area contributed by atoms with Gasteiger partial charge in [0.05, 0.1) is 11.2 Å². The fourth-order valence-electron chi connectivity index (χ4n) is 4.05. The zero-order valence-corrected chi connectivity index (χ0v) is 17.1. The van der Waals surface area contributed by atoms with E-state index < -0.39 is 0 Å². The summed E-state index contributed by atoms with van der Waals surface area (Å²) in [7, 11) is 0. The second-order valence-corrected chi connectivity index (χ2v) is 8.49. The third-order valence-corrected chi connectivity index (χ3v) is 6.24. The molecule has 1 aliphatic heterocycles. The smallest absolute Gasteiger partial charge is 0.220 e. The highest BCUT2D eigenvalue weighted by molar-refractivity contribution is 7.07. The lowest BCUT2D eigenvalue weighted by atomic mass is 9.84. The number of carbonyl (C=O) groups is 2. The molecule has 5 nitrogen and oxygen atoms in total. The minimum absolute atomic E-state index is 0.0271. The number of rotatable bonds is 8. The number of thiazole rings is 1. The number of fused-ring (bicyclic) bond motifs is 1. The number of nitrogens with zero attached hydrogens (tertiary/aromatic N) is 1. The number of hydrogen-bond donors (Lipinski definition) is 2. The van der Waals surface area contributed by atoms with Crippen LogP contribution >= 0.6 is 11.3 Å². The standard InChI is InChI=1S/C23H25N3O2S/c27-21(24-12-9-20-15-29-16-25-20)7-10-23(11-8-22(28)26-23)14-17-5-6-18-3-1-2-4-19(18)13-17/h1-6,13,15-16H,7-12,14H2,(H,24,27)(H,26,28). The molecule has 0 saturated carbocycles. The minimum atomic E-state index is -0.341. The van der Waals surface area contributed by atoms with Crippen LogP contribution in [0.5, 0.6) is 0 Å². The number of amides is 2. The highest BCUT2D eigenvalue weighted by atomic mass is 32.1. The van der Waals surface area contributed by atoms with Crippen LogP contribution in [0.1, 0.15) is 36.9 Å². The van der Waals surface area contributed by atoms with E-state index in [1.165, 1.54) is 16.3 Å². The third kappa shape index (κ3) is 5.01. The molecule has 4 rings (SSSR count). The average Bonchev–Trinajstić information content (AvgIpc) is 3.37. The summed E-state index contributed by atoms with van der Waals surface area (Å²) in [5.41, 5.74) is 3.66. The number of aromatic nitrogens is 1. The monoisotopic (exact) mass is 407 g/mol. The van der Waals surface area contributed by atoms with Crippen molar-refractivity contribution in [2.45, 2.75) is 44.1 Å². The Hall–Kier alpha value is -2.73. The van der Waals surface area contributed by atoms with E-state index in [4.69, 9.17) is 0 Å². The Morgan fingerprint density at radius 2 is 2.07 bits per heavy atom. The van der Waals surface area contributed by atoms with Crippen LogP contribution in [0.2, 0.25) is 0 Å². The topological polar surface area (TPSA) is 71.1 Å².